The Morgan fingerprint density at radius 3 is 2.17 bits per heavy atom. The normalized spacial score (nSPS) is 12.8. The van der Waals surface area contributed by atoms with Crippen LogP contribution >= 0.6 is 0 Å². The number of pyridine rings is 1. The van der Waals surface area contributed by atoms with Crippen LogP contribution in [0.25, 0.3) is 10.9 Å². The predicted octanol–water partition coefficient (Wildman–Crippen LogP) is 7.16. The van der Waals surface area contributed by atoms with Gasteiger partial charge in [0.2, 0.25) is 0 Å². The third-order valence-electron chi connectivity index (χ3n) is 7.12. The van der Waals surface area contributed by atoms with Crippen molar-refractivity contribution in [3.05, 3.63) is 111 Å². The molecule has 0 aliphatic rings. The number of fused-ring (bicyclic) bond motifs is 1. The van der Waals surface area contributed by atoms with E-state index in [9.17, 15) is 4.79 Å². The molecule has 4 aromatic rings. The number of hydrogen-bond acceptors (Lipinski definition) is 3. The summed E-state index contributed by atoms with van der Waals surface area (Å²) in [7, 11) is 1.68. The van der Waals surface area contributed by atoms with E-state index in [0.717, 1.165) is 35.2 Å². The van der Waals surface area contributed by atoms with Crippen LogP contribution in [0.15, 0.2) is 77.6 Å². The molecule has 3 aromatic carbocycles. The molecule has 0 aliphatic heterocycles. The quantitative estimate of drug-likeness (QED) is 0.290. The SMILES string of the molecule is CCc1ccc2[nH]c(=O)c(CN(Cc3ccc(C(C)(C)C)cc3)C(C)c3ccc(OC)cc3)cc2c1. The molecule has 4 nitrogen and oxygen atoms in total. The minimum Gasteiger partial charge on any atom is -0.497 e. The number of rotatable bonds is 8. The predicted molar refractivity (Wildman–Crippen MR) is 150 cm³/mol. The molecular formula is C32H38N2O2. The van der Waals surface area contributed by atoms with Crippen molar-refractivity contribution in [3.63, 3.8) is 0 Å². The van der Waals surface area contributed by atoms with E-state index in [1.54, 1.807) is 7.11 Å². The highest BCUT2D eigenvalue weighted by atomic mass is 16.5. The first-order valence-electron chi connectivity index (χ1n) is 12.8. The summed E-state index contributed by atoms with van der Waals surface area (Å²) in [6.45, 7) is 12.3. The third kappa shape index (κ3) is 5.88. The third-order valence-corrected chi connectivity index (χ3v) is 7.12. The molecule has 188 valence electrons. The Morgan fingerprint density at radius 1 is 0.889 bits per heavy atom. The summed E-state index contributed by atoms with van der Waals surface area (Å²) in [5, 5.41) is 1.08. The topological polar surface area (TPSA) is 45.3 Å². The van der Waals surface area contributed by atoms with Crippen molar-refractivity contribution in [1.29, 1.82) is 0 Å². The fourth-order valence-electron chi connectivity index (χ4n) is 4.63. The number of hydrogen-bond donors (Lipinski definition) is 1. The standard InChI is InChI=1S/C32H38N2O2/c1-7-23-10-17-30-26(18-23)19-27(31(35)33-30)21-34(22(2)25-11-15-29(36-6)16-12-25)20-24-8-13-28(14-9-24)32(3,4)5/h8-19,22H,7,20-21H2,1-6H3,(H,33,35). The van der Waals surface area contributed by atoms with Gasteiger partial charge in [0, 0.05) is 30.2 Å². The second kappa shape index (κ2) is 10.7. The number of benzene rings is 3. The summed E-state index contributed by atoms with van der Waals surface area (Å²) in [5.41, 5.74) is 6.75. The number of methoxy groups -OCH3 is 1. The van der Waals surface area contributed by atoms with Crippen molar-refractivity contribution >= 4 is 10.9 Å². The second-order valence-corrected chi connectivity index (χ2v) is 10.7. The minimum absolute atomic E-state index is 0.0261. The van der Waals surface area contributed by atoms with E-state index in [4.69, 9.17) is 4.74 Å². The van der Waals surface area contributed by atoms with Crippen molar-refractivity contribution in [2.24, 2.45) is 0 Å². The summed E-state index contributed by atoms with van der Waals surface area (Å²) in [4.78, 5) is 18.5. The molecule has 0 saturated heterocycles. The van der Waals surface area contributed by atoms with Gasteiger partial charge in [-0.05, 0) is 76.7 Å². The van der Waals surface area contributed by atoms with Crippen molar-refractivity contribution in [3.8, 4) is 5.75 Å². The lowest BCUT2D eigenvalue weighted by molar-refractivity contribution is 0.191. The van der Waals surface area contributed by atoms with E-state index in [-0.39, 0.29) is 17.0 Å². The Balaban J connectivity index is 1.69. The van der Waals surface area contributed by atoms with E-state index in [1.807, 2.05) is 18.2 Å². The first-order chi connectivity index (χ1) is 17.2. The van der Waals surface area contributed by atoms with E-state index >= 15 is 0 Å². The highest BCUT2D eigenvalue weighted by Gasteiger charge is 2.20. The van der Waals surface area contributed by atoms with E-state index < -0.39 is 0 Å². The summed E-state index contributed by atoms with van der Waals surface area (Å²) < 4.78 is 5.36. The molecule has 0 amide bonds. The van der Waals surface area contributed by atoms with Gasteiger partial charge in [-0.15, -0.1) is 0 Å². The summed E-state index contributed by atoms with van der Waals surface area (Å²) >= 11 is 0. The summed E-state index contributed by atoms with van der Waals surface area (Å²) in [5.74, 6) is 0.841. The van der Waals surface area contributed by atoms with Crippen LogP contribution in [0, 0.1) is 0 Å². The molecule has 0 aliphatic carbocycles. The van der Waals surface area contributed by atoms with E-state index in [2.05, 4.69) is 99.1 Å². The molecule has 1 heterocycles. The van der Waals surface area contributed by atoms with Crippen molar-refractivity contribution in [2.75, 3.05) is 7.11 Å². The van der Waals surface area contributed by atoms with Gasteiger partial charge in [0.05, 0.1) is 7.11 Å². The molecular weight excluding hydrogens is 444 g/mol. The molecule has 0 radical (unpaired) electrons. The van der Waals surface area contributed by atoms with Crippen LogP contribution in [-0.4, -0.2) is 17.0 Å². The Hall–Kier alpha value is -3.37. The zero-order valence-corrected chi connectivity index (χ0v) is 22.4. The molecule has 1 N–H and O–H groups in total. The molecule has 0 saturated carbocycles. The van der Waals surface area contributed by atoms with Gasteiger partial charge in [-0.2, -0.15) is 0 Å². The molecule has 4 rings (SSSR count). The van der Waals surface area contributed by atoms with E-state index in [1.165, 1.54) is 22.3 Å². The van der Waals surface area contributed by atoms with E-state index in [0.29, 0.717) is 6.54 Å². The number of aryl methyl sites for hydroxylation is 1. The Kier molecular flexibility index (Phi) is 7.65. The van der Waals surface area contributed by atoms with Gasteiger partial charge in [0.25, 0.3) is 5.56 Å². The molecule has 0 spiro atoms. The van der Waals surface area contributed by atoms with Gasteiger partial charge in [0.15, 0.2) is 0 Å². The number of aromatic amines is 1. The van der Waals surface area contributed by atoms with Gasteiger partial charge in [-0.25, -0.2) is 0 Å². The molecule has 1 unspecified atom stereocenters. The molecule has 0 bridgehead atoms. The number of H-pyrrole nitrogens is 1. The fourth-order valence-corrected chi connectivity index (χ4v) is 4.63. The number of nitrogens with one attached hydrogen (secondary N) is 1. The lowest BCUT2D eigenvalue weighted by Crippen LogP contribution is -2.29. The average Bonchev–Trinajstić information content (AvgIpc) is 2.87. The monoisotopic (exact) mass is 482 g/mol. The maximum absolute atomic E-state index is 13.1. The minimum atomic E-state index is -0.0261. The Bertz CT molecular complexity index is 1360. The molecule has 4 heteroatoms. The highest BCUT2D eigenvalue weighted by molar-refractivity contribution is 5.79. The maximum atomic E-state index is 13.1. The van der Waals surface area contributed by atoms with Crippen molar-refractivity contribution in [2.45, 2.75) is 65.6 Å². The van der Waals surface area contributed by atoms with Gasteiger partial charge in [-0.1, -0.05) is 70.2 Å². The number of aromatic nitrogens is 1. The van der Waals surface area contributed by atoms with Gasteiger partial charge < -0.3 is 9.72 Å². The van der Waals surface area contributed by atoms with Gasteiger partial charge >= 0.3 is 0 Å². The van der Waals surface area contributed by atoms with Crippen LogP contribution in [0.5, 0.6) is 5.75 Å². The van der Waals surface area contributed by atoms with Crippen LogP contribution in [0.2, 0.25) is 0 Å². The smallest absolute Gasteiger partial charge is 0.252 e. The Morgan fingerprint density at radius 2 is 1.56 bits per heavy atom. The molecule has 1 atom stereocenters. The molecule has 1 aromatic heterocycles. The zero-order valence-electron chi connectivity index (χ0n) is 22.4. The largest absolute Gasteiger partial charge is 0.497 e. The lowest BCUT2D eigenvalue weighted by Gasteiger charge is -2.30. The van der Waals surface area contributed by atoms with Crippen LogP contribution in [0.1, 0.15) is 68.5 Å². The van der Waals surface area contributed by atoms with Crippen LogP contribution in [0.4, 0.5) is 0 Å². The molecule has 0 fully saturated rings. The van der Waals surface area contributed by atoms with Crippen molar-refractivity contribution < 1.29 is 4.74 Å². The number of nitrogens with zero attached hydrogens (tertiary/aromatic N) is 1. The van der Waals surface area contributed by atoms with Crippen LogP contribution in [-0.2, 0) is 24.9 Å². The first kappa shape index (κ1) is 25.7. The van der Waals surface area contributed by atoms with Crippen LogP contribution in [0.3, 0.4) is 0 Å². The maximum Gasteiger partial charge on any atom is 0.252 e. The zero-order chi connectivity index (χ0) is 25.9. The second-order valence-electron chi connectivity index (χ2n) is 10.7. The van der Waals surface area contributed by atoms with Gasteiger partial charge in [0.1, 0.15) is 5.75 Å². The number of ether oxygens (including phenoxy) is 1. The summed E-state index contributed by atoms with van der Waals surface area (Å²) in [6, 6.07) is 25.5. The van der Waals surface area contributed by atoms with Crippen molar-refractivity contribution in [1.82, 2.24) is 9.88 Å². The lowest BCUT2D eigenvalue weighted by atomic mass is 9.86. The summed E-state index contributed by atoms with van der Waals surface area (Å²) in [6.07, 6.45) is 0.968. The highest BCUT2D eigenvalue weighted by Crippen LogP contribution is 2.28. The fraction of sp³-hybridized carbons (Fsp3) is 0.344. The van der Waals surface area contributed by atoms with Crippen LogP contribution < -0.4 is 10.3 Å². The average molecular weight is 483 g/mol. The first-order valence-corrected chi connectivity index (χ1v) is 12.8. The van der Waals surface area contributed by atoms with Gasteiger partial charge in [-0.3, -0.25) is 9.69 Å². The molecule has 36 heavy (non-hydrogen) atoms. The Labute approximate surface area is 214 Å².